The molecule has 0 aromatic carbocycles. The lowest BCUT2D eigenvalue weighted by atomic mass is 10.0. The van der Waals surface area contributed by atoms with Gasteiger partial charge in [0.05, 0.1) is 25.2 Å². The number of carbonyl (C=O) groups is 2. The van der Waals surface area contributed by atoms with Crippen molar-refractivity contribution in [2.24, 2.45) is 5.92 Å². The number of alkyl carbamates (subject to hydrolysis) is 1. The Balaban J connectivity index is 2.68. The average Bonchev–Trinajstić information content (AvgIpc) is 2.36. The molecule has 1 aromatic rings. The maximum absolute atomic E-state index is 12.0. The Morgan fingerprint density at radius 3 is 2.56 bits per heavy atom. The fourth-order valence-electron chi connectivity index (χ4n) is 1.31. The molecule has 1 aromatic heterocycles. The molecule has 0 spiro atoms. The maximum Gasteiger partial charge on any atom is 0.407 e. The molecule has 18 heavy (non-hydrogen) atoms. The van der Waals surface area contributed by atoms with Gasteiger partial charge in [0, 0.05) is 0 Å². The Morgan fingerprint density at radius 2 is 2.06 bits per heavy atom. The smallest absolute Gasteiger partial charge is 0.407 e. The molecule has 0 aliphatic carbocycles. The molecule has 7 heteroatoms. The summed E-state index contributed by atoms with van der Waals surface area (Å²) in [6.07, 6.45) is 2.25. The lowest BCUT2D eigenvalue weighted by Gasteiger charge is -2.20. The number of hydrogen-bond acceptors (Lipinski definition) is 5. The average molecular weight is 252 g/mol. The van der Waals surface area contributed by atoms with Crippen LogP contribution in [-0.4, -0.2) is 35.3 Å². The summed E-state index contributed by atoms with van der Waals surface area (Å²) in [5.41, 5.74) is 0.521. The molecule has 2 N–H and O–H groups in total. The van der Waals surface area contributed by atoms with Crippen molar-refractivity contribution in [3.63, 3.8) is 0 Å². The van der Waals surface area contributed by atoms with E-state index in [1.807, 2.05) is 13.8 Å². The summed E-state index contributed by atoms with van der Waals surface area (Å²) in [4.78, 5) is 23.1. The van der Waals surface area contributed by atoms with Gasteiger partial charge in [0.2, 0.25) is 5.91 Å². The minimum Gasteiger partial charge on any atom is -0.453 e. The number of hydrogen-bond donors (Lipinski definition) is 2. The van der Waals surface area contributed by atoms with Crippen molar-refractivity contribution in [3.05, 3.63) is 18.5 Å². The lowest BCUT2D eigenvalue weighted by molar-refractivity contribution is -0.119. The van der Waals surface area contributed by atoms with E-state index in [0.29, 0.717) is 5.69 Å². The van der Waals surface area contributed by atoms with Gasteiger partial charge in [0.15, 0.2) is 0 Å². The SMILES string of the molecule is COC(=O)N[C@H](C(=O)Nc1ccnnc1)C(C)C. The molecule has 0 bridgehead atoms. The minimum atomic E-state index is -0.675. The van der Waals surface area contributed by atoms with Gasteiger partial charge in [0.1, 0.15) is 6.04 Å². The van der Waals surface area contributed by atoms with E-state index in [-0.39, 0.29) is 11.8 Å². The number of amides is 2. The summed E-state index contributed by atoms with van der Waals surface area (Å²) in [7, 11) is 1.25. The first kappa shape index (κ1) is 13.9. The largest absolute Gasteiger partial charge is 0.453 e. The van der Waals surface area contributed by atoms with Gasteiger partial charge in [-0.3, -0.25) is 4.79 Å². The second-order valence-electron chi connectivity index (χ2n) is 3.98. The van der Waals surface area contributed by atoms with Gasteiger partial charge >= 0.3 is 6.09 Å². The number of carbonyl (C=O) groups excluding carboxylic acids is 2. The van der Waals surface area contributed by atoms with Gasteiger partial charge in [0.25, 0.3) is 0 Å². The van der Waals surface area contributed by atoms with E-state index in [4.69, 9.17) is 0 Å². The molecule has 0 saturated carbocycles. The molecular formula is C11H16N4O3. The van der Waals surface area contributed by atoms with E-state index < -0.39 is 12.1 Å². The van der Waals surface area contributed by atoms with Crippen LogP contribution in [0.4, 0.5) is 10.5 Å². The fourth-order valence-corrected chi connectivity index (χ4v) is 1.31. The van der Waals surface area contributed by atoms with Crippen molar-refractivity contribution in [2.75, 3.05) is 12.4 Å². The molecule has 0 fully saturated rings. The van der Waals surface area contributed by atoms with Crippen LogP contribution in [0.2, 0.25) is 0 Å². The van der Waals surface area contributed by atoms with Crippen LogP contribution >= 0.6 is 0 Å². The third-order valence-corrected chi connectivity index (χ3v) is 2.26. The van der Waals surface area contributed by atoms with Crippen LogP contribution in [0, 0.1) is 5.92 Å². The Labute approximate surface area is 105 Å². The fraction of sp³-hybridized carbons (Fsp3) is 0.455. The maximum atomic E-state index is 12.0. The topological polar surface area (TPSA) is 93.2 Å². The first-order chi connectivity index (χ1) is 8.54. The molecule has 0 aliphatic heterocycles. The van der Waals surface area contributed by atoms with E-state index in [2.05, 4.69) is 25.6 Å². The van der Waals surface area contributed by atoms with Gasteiger partial charge in [-0.2, -0.15) is 10.2 Å². The summed E-state index contributed by atoms with van der Waals surface area (Å²) in [5, 5.41) is 12.4. The van der Waals surface area contributed by atoms with E-state index in [0.717, 1.165) is 0 Å². The van der Waals surface area contributed by atoms with Gasteiger partial charge in [-0.05, 0) is 12.0 Å². The molecule has 0 aliphatic rings. The Kier molecular flexibility index (Phi) is 5.04. The number of ether oxygens (including phenoxy) is 1. The molecular weight excluding hydrogens is 236 g/mol. The van der Waals surface area contributed by atoms with Crippen molar-refractivity contribution in [1.82, 2.24) is 15.5 Å². The van der Waals surface area contributed by atoms with Crippen molar-refractivity contribution in [2.45, 2.75) is 19.9 Å². The molecule has 1 rings (SSSR count). The molecule has 1 atom stereocenters. The molecule has 98 valence electrons. The van der Waals surface area contributed by atoms with E-state index in [1.165, 1.54) is 19.5 Å². The zero-order valence-corrected chi connectivity index (χ0v) is 10.5. The highest BCUT2D eigenvalue weighted by atomic mass is 16.5. The molecule has 1 heterocycles. The summed E-state index contributed by atoms with van der Waals surface area (Å²) in [6, 6.07) is 0.936. The van der Waals surface area contributed by atoms with Crippen LogP contribution in [0.25, 0.3) is 0 Å². The summed E-state index contributed by atoms with van der Waals surface area (Å²) in [6.45, 7) is 3.65. The van der Waals surface area contributed by atoms with Crippen molar-refractivity contribution < 1.29 is 14.3 Å². The van der Waals surface area contributed by atoms with Crippen LogP contribution in [0.5, 0.6) is 0 Å². The third kappa shape index (κ3) is 4.00. The predicted molar refractivity (Wildman–Crippen MR) is 64.8 cm³/mol. The second kappa shape index (κ2) is 6.53. The molecule has 7 nitrogen and oxygen atoms in total. The Bertz CT molecular complexity index is 408. The molecule has 0 radical (unpaired) electrons. The first-order valence-electron chi connectivity index (χ1n) is 5.46. The number of aromatic nitrogens is 2. The number of methoxy groups -OCH3 is 1. The first-order valence-corrected chi connectivity index (χ1v) is 5.46. The van der Waals surface area contributed by atoms with Gasteiger partial charge in [-0.25, -0.2) is 4.79 Å². The van der Waals surface area contributed by atoms with Gasteiger partial charge < -0.3 is 15.4 Å². The summed E-state index contributed by atoms with van der Waals surface area (Å²) in [5.74, 6) is -0.401. The lowest BCUT2D eigenvalue weighted by Crippen LogP contribution is -2.47. The van der Waals surface area contributed by atoms with E-state index >= 15 is 0 Å². The standard InChI is InChI=1S/C11H16N4O3/c1-7(2)9(15-11(17)18-3)10(16)14-8-4-5-12-13-6-8/h4-7,9H,1-3H3,(H,15,17)(H,12,14,16)/t9-/m0/s1. The normalized spacial score (nSPS) is 11.8. The number of anilines is 1. The zero-order valence-electron chi connectivity index (χ0n) is 10.5. The summed E-state index contributed by atoms with van der Waals surface area (Å²) >= 11 is 0. The monoisotopic (exact) mass is 252 g/mol. The number of nitrogens with zero attached hydrogens (tertiary/aromatic N) is 2. The molecule has 0 unspecified atom stereocenters. The minimum absolute atomic E-state index is 0.0705. The third-order valence-electron chi connectivity index (χ3n) is 2.26. The highest BCUT2D eigenvalue weighted by molar-refractivity contribution is 5.96. The van der Waals surface area contributed by atoms with Crippen LogP contribution < -0.4 is 10.6 Å². The number of nitrogens with one attached hydrogen (secondary N) is 2. The van der Waals surface area contributed by atoms with Crippen molar-refractivity contribution >= 4 is 17.7 Å². The van der Waals surface area contributed by atoms with Gasteiger partial charge in [-0.15, -0.1) is 0 Å². The van der Waals surface area contributed by atoms with Crippen LogP contribution in [0.3, 0.4) is 0 Å². The highest BCUT2D eigenvalue weighted by Crippen LogP contribution is 2.07. The Hall–Kier alpha value is -2.18. The van der Waals surface area contributed by atoms with Gasteiger partial charge in [-0.1, -0.05) is 13.8 Å². The second-order valence-corrected chi connectivity index (χ2v) is 3.98. The van der Waals surface area contributed by atoms with Crippen molar-refractivity contribution in [3.8, 4) is 0 Å². The summed E-state index contributed by atoms with van der Waals surface area (Å²) < 4.78 is 4.48. The molecule has 2 amide bonds. The quantitative estimate of drug-likeness (QED) is 0.826. The molecule has 0 saturated heterocycles. The van der Waals surface area contributed by atoms with Crippen molar-refractivity contribution in [1.29, 1.82) is 0 Å². The van der Waals surface area contributed by atoms with Crippen LogP contribution in [0.1, 0.15) is 13.8 Å². The highest BCUT2D eigenvalue weighted by Gasteiger charge is 2.24. The Morgan fingerprint density at radius 1 is 1.33 bits per heavy atom. The van der Waals surface area contributed by atoms with E-state index in [9.17, 15) is 9.59 Å². The van der Waals surface area contributed by atoms with E-state index in [1.54, 1.807) is 6.07 Å². The van der Waals surface area contributed by atoms with Crippen LogP contribution in [-0.2, 0) is 9.53 Å². The predicted octanol–water partition coefficient (Wildman–Crippen LogP) is 0.796. The zero-order chi connectivity index (χ0) is 13.5. The number of rotatable bonds is 4. The van der Waals surface area contributed by atoms with Crippen LogP contribution in [0.15, 0.2) is 18.5 Å².